The van der Waals surface area contributed by atoms with Crippen LogP contribution in [-0.4, -0.2) is 39.4 Å². The highest BCUT2D eigenvalue weighted by molar-refractivity contribution is 7.99. The van der Waals surface area contributed by atoms with Gasteiger partial charge in [0.25, 0.3) is 5.91 Å². The van der Waals surface area contributed by atoms with E-state index in [2.05, 4.69) is 10.3 Å². The van der Waals surface area contributed by atoms with Gasteiger partial charge in [0.05, 0.1) is 5.88 Å². The van der Waals surface area contributed by atoms with Crippen LogP contribution in [-0.2, 0) is 11.2 Å². The van der Waals surface area contributed by atoms with Gasteiger partial charge in [-0.2, -0.15) is 0 Å². The molecule has 3 aromatic rings. The molecule has 0 bridgehead atoms. The van der Waals surface area contributed by atoms with Crippen molar-refractivity contribution in [2.75, 3.05) is 16.9 Å². The Morgan fingerprint density at radius 3 is 2.85 bits per heavy atom. The molecule has 1 unspecified atom stereocenters. The van der Waals surface area contributed by atoms with Gasteiger partial charge in [-0.15, -0.1) is 11.8 Å². The van der Waals surface area contributed by atoms with Gasteiger partial charge in [0.2, 0.25) is 5.91 Å². The van der Waals surface area contributed by atoms with Crippen molar-refractivity contribution in [3.63, 3.8) is 0 Å². The highest BCUT2D eigenvalue weighted by Crippen LogP contribution is 2.25. The smallest absolute Gasteiger partial charge is 0.255 e. The highest BCUT2D eigenvalue weighted by atomic mass is 32.2. The number of oxazole rings is 1. The van der Waals surface area contributed by atoms with Crippen molar-refractivity contribution in [1.29, 1.82) is 0 Å². The summed E-state index contributed by atoms with van der Waals surface area (Å²) in [5.74, 6) is 1.44. The van der Waals surface area contributed by atoms with Crippen molar-refractivity contribution in [1.82, 2.24) is 9.88 Å². The van der Waals surface area contributed by atoms with Gasteiger partial charge >= 0.3 is 0 Å². The number of carbonyl (C=O) groups is 2. The van der Waals surface area contributed by atoms with Crippen molar-refractivity contribution in [3.05, 3.63) is 60.0 Å². The van der Waals surface area contributed by atoms with Crippen molar-refractivity contribution < 1.29 is 14.0 Å². The summed E-state index contributed by atoms with van der Waals surface area (Å²) in [6.07, 6.45) is 0.715. The molecule has 0 aliphatic carbocycles. The number of nitrogens with one attached hydrogen (secondary N) is 1. The van der Waals surface area contributed by atoms with E-state index in [1.165, 1.54) is 0 Å². The van der Waals surface area contributed by atoms with Crippen LogP contribution in [0.4, 0.5) is 5.69 Å². The van der Waals surface area contributed by atoms with Crippen LogP contribution in [0.3, 0.4) is 0 Å². The molecule has 1 saturated heterocycles. The molecule has 0 radical (unpaired) electrons. The first-order valence-corrected chi connectivity index (χ1v) is 9.95. The molecular formula is C20H19N3O3S. The van der Waals surface area contributed by atoms with Gasteiger partial charge in [0.15, 0.2) is 11.5 Å². The third-order valence-corrected chi connectivity index (χ3v) is 5.48. The Kier molecular flexibility index (Phi) is 4.85. The molecule has 1 aromatic heterocycles. The lowest BCUT2D eigenvalue weighted by atomic mass is 10.1. The summed E-state index contributed by atoms with van der Waals surface area (Å²) in [5.41, 5.74) is 2.64. The quantitative estimate of drug-likeness (QED) is 0.748. The van der Waals surface area contributed by atoms with Crippen molar-refractivity contribution in [2.45, 2.75) is 19.4 Å². The Morgan fingerprint density at radius 1 is 1.26 bits per heavy atom. The SMILES string of the molecule is CCc1nc2cc(NC(=O)C3CSCN3C(=O)c3ccccc3)ccc2o1. The van der Waals surface area contributed by atoms with Crippen LogP contribution >= 0.6 is 11.8 Å². The van der Waals surface area contributed by atoms with Gasteiger partial charge in [-0.1, -0.05) is 25.1 Å². The number of benzene rings is 2. The van der Waals surface area contributed by atoms with Crippen LogP contribution in [0.2, 0.25) is 0 Å². The predicted molar refractivity (Wildman–Crippen MR) is 106 cm³/mol. The zero-order valence-corrected chi connectivity index (χ0v) is 15.7. The number of nitrogens with zero attached hydrogens (tertiary/aromatic N) is 2. The van der Waals surface area contributed by atoms with Gasteiger partial charge in [-0.3, -0.25) is 9.59 Å². The number of hydrogen-bond donors (Lipinski definition) is 1. The number of thioether (sulfide) groups is 1. The molecular weight excluding hydrogens is 362 g/mol. The van der Waals surface area contributed by atoms with Gasteiger partial charge in [0.1, 0.15) is 11.6 Å². The molecule has 2 aromatic carbocycles. The minimum Gasteiger partial charge on any atom is -0.441 e. The fourth-order valence-corrected chi connectivity index (χ4v) is 4.19. The molecule has 1 aliphatic heterocycles. The average Bonchev–Trinajstić information content (AvgIpc) is 3.34. The Bertz CT molecular complexity index is 987. The maximum Gasteiger partial charge on any atom is 0.255 e. The monoisotopic (exact) mass is 381 g/mol. The topological polar surface area (TPSA) is 75.4 Å². The Labute approximate surface area is 160 Å². The Hall–Kier alpha value is -2.80. The number of anilines is 1. The van der Waals surface area contributed by atoms with E-state index in [0.717, 1.165) is 0 Å². The minimum atomic E-state index is -0.498. The number of amides is 2. The lowest BCUT2D eigenvalue weighted by molar-refractivity contribution is -0.119. The maximum absolute atomic E-state index is 12.8. The van der Waals surface area contributed by atoms with E-state index in [4.69, 9.17) is 4.42 Å². The van der Waals surface area contributed by atoms with Crippen LogP contribution in [0.1, 0.15) is 23.2 Å². The number of fused-ring (bicyclic) bond motifs is 1. The molecule has 0 saturated carbocycles. The molecule has 1 atom stereocenters. The highest BCUT2D eigenvalue weighted by Gasteiger charge is 2.35. The second-order valence-corrected chi connectivity index (χ2v) is 7.29. The van der Waals surface area contributed by atoms with Gasteiger partial charge in [0, 0.05) is 23.4 Å². The van der Waals surface area contributed by atoms with Gasteiger partial charge in [-0.05, 0) is 30.3 Å². The fourth-order valence-electron chi connectivity index (χ4n) is 3.04. The molecule has 0 spiro atoms. The first-order chi connectivity index (χ1) is 13.2. The van der Waals surface area contributed by atoms with E-state index in [9.17, 15) is 9.59 Å². The maximum atomic E-state index is 12.8. The van der Waals surface area contributed by atoms with E-state index < -0.39 is 6.04 Å². The molecule has 6 nitrogen and oxygen atoms in total. The zero-order chi connectivity index (χ0) is 18.8. The molecule has 1 N–H and O–H groups in total. The van der Waals surface area contributed by atoms with Crippen LogP contribution in [0, 0.1) is 0 Å². The van der Waals surface area contributed by atoms with Crippen LogP contribution in [0.15, 0.2) is 52.9 Å². The Morgan fingerprint density at radius 2 is 2.07 bits per heavy atom. The van der Waals surface area contributed by atoms with E-state index in [-0.39, 0.29) is 11.8 Å². The van der Waals surface area contributed by atoms with Gasteiger partial charge < -0.3 is 14.6 Å². The molecule has 27 heavy (non-hydrogen) atoms. The number of carbonyl (C=O) groups excluding carboxylic acids is 2. The molecule has 2 heterocycles. The minimum absolute atomic E-state index is 0.125. The van der Waals surface area contributed by atoms with Gasteiger partial charge in [-0.25, -0.2) is 4.98 Å². The van der Waals surface area contributed by atoms with E-state index in [1.54, 1.807) is 47.0 Å². The van der Waals surface area contributed by atoms with E-state index in [0.29, 0.717) is 46.3 Å². The summed E-state index contributed by atoms with van der Waals surface area (Å²) < 4.78 is 5.59. The fraction of sp³-hybridized carbons (Fsp3) is 0.250. The second kappa shape index (κ2) is 7.44. The van der Waals surface area contributed by atoms with Crippen molar-refractivity contribution in [3.8, 4) is 0 Å². The van der Waals surface area contributed by atoms with Crippen molar-refractivity contribution in [2.24, 2.45) is 0 Å². The third-order valence-electron chi connectivity index (χ3n) is 4.47. The standard InChI is InChI=1S/C20H19N3O3S/c1-2-18-22-15-10-14(8-9-17(15)26-18)21-19(24)16-11-27-12-23(16)20(25)13-6-4-3-5-7-13/h3-10,16H,2,11-12H2,1H3,(H,21,24). The van der Waals surface area contributed by atoms with Crippen molar-refractivity contribution >= 4 is 40.4 Å². The van der Waals surface area contributed by atoms with Crippen LogP contribution < -0.4 is 5.32 Å². The zero-order valence-electron chi connectivity index (χ0n) is 14.8. The molecule has 1 aliphatic rings. The first-order valence-electron chi connectivity index (χ1n) is 8.80. The number of aromatic nitrogens is 1. The number of rotatable bonds is 4. The third kappa shape index (κ3) is 3.55. The molecule has 2 amide bonds. The first kappa shape index (κ1) is 17.6. The van der Waals surface area contributed by atoms with E-state index in [1.807, 2.05) is 25.1 Å². The summed E-state index contributed by atoms with van der Waals surface area (Å²) in [5, 5.41) is 2.91. The second-order valence-electron chi connectivity index (χ2n) is 6.29. The molecule has 1 fully saturated rings. The lowest BCUT2D eigenvalue weighted by Crippen LogP contribution is -2.44. The Balaban J connectivity index is 1.51. The van der Waals surface area contributed by atoms with E-state index >= 15 is 0 Å². The molecule has 138 valence electrons. The summed E-state index contributed by atoms with van der Waals surface area (Å²) in [7, 11) is 0. The average molecular weight is 381 g/mol. The summed E-state index contributed by atoms with van der Waals surface area (Å²) in [6, 6.07) is 13.9. The largest absolute Gasteiger partial charge is 0.441 e. The summed E-state index contributed by atoms with van der Waals surface area (Å²) in [4.78, 5) is 31.5. The summed E-state index contributed by atoms with van der Waals surface area (Å²) in [6.45, 7) is 1.98. The predicted octanol–water partition coefficient (Wildman–Crippen LogP) is 3.54. The molecule has 7 heteroatoms. The number of hydrogen-bond acceptors (Lipinski definition) is 5. The summed E-state index contributed by atoms with van der Waals surface area (Å²) >= 11 is 1.58. The normalized spacial score (nSPS) is 16.6. The van der Waals surface area contributed by atoms with Crippen LogP contribution in [0.25, 0.3) is 11.1 Å². The van der Waals surface area contributed by atoms with Crippen LogP contribution in [0.5, 0.6) is 0 Å². The lowest BCUT2D eigenvalue weighted by Gasteiger charge is -2.23. The number of aryl methyl sites for hydroxylation is 1. The molecule has 4 rings (SSSR count).